The zero-order valence-corrected chi connectivity index (χ0v) is 15.8. The van der Waals surface area contributed by atoms with Crippen molar-refractivity contribution >= 4 is 11.6 Å². The van der Waals surface area contributed by atoms with Crippen LogP contribution in [-0.4, -0.2) is 18.3 Å². The van der Waals surface area contributed by atoms with Crippen LogP contribution < -0.4 is 14.9 Å². The second-order valence-corrected chi connectivity index (χ2v) is 6.43. The standard InChI is InChI=1S/C20H25ClO5/c1-2-6-15-11-16(21)7-8-19(15)24-9-4-3-5-10-25-20-14-26-17(13-22)12-18(20)23/h7-8,11-12,14,22H,2-6,9-10,13H2,1H3. The fourth-order valence-electron chi connectivity index (χ4n) is 2.53. The summed E-state index contributed by atoms with van der Waals surface area (Å²) < 4.78 is 16.4. The quantitative estimate of drug-likeness (QED) is 0.586. The van der Waals surface area contributed by atoms with E-state index in [2.05, 4.69) is 6.92 Å². The number of aliphatic hydroxyl groups excluding tert-OH is 1. The van der Waals surface area contributed by atoms with Crippen LogP contribution in [0.25, 0.3) is 0 Å². The Balaban J connectivity index is 1.66. The fourth-order valence-corrected chi connectivity index (χ4v) is 2.72. The minimum Gasteiger partial charge on any atom is -0.493 e. The van der Waals surface area contributed by atoms with E-state index in [1.165, 1.54) is 12.3 Å². The van der Waals surface area contributed by atoms with Gasteiger partial charge in [0.05, 0.1) is 13.2 Å². The zero-order valence-electron chi connectivity index (χ0n) is 15.0. The van der Waals surface area contributed by atoms with Gasteiger partial charge < -0.3 is 19.0 Å². The van der Waals surface area contributed by atoms with Crippen LogP contribution >= 0.6 is 11.6 Å². The van der Waals surface area contributed by atoms with Crippen molar-refractivity contribution in [3.05, 3.63) is 57.1 Å². The van der Waals surface area contributed by atoms with Gasteiger partial charge in [-0.1, -0.05) is 24.9 Å². The molecule has 26 heavy (non-hydrogen) atoms. The molecule has 0 unspecified atom stereocenters. The summed E-state index contributed by atoms with van der Waals surface area (Å²) >= 11 is 6.04. The lowest BCUT2D eigenvalue weighted by Crippen LogP contribution is -2.09. The first kappa shape index (κ1) is 20.3. The molecule has 6 heteroatoms. The van der Waals surface area contributed by atoms with Crippen molar-refractivity contribution in [3.63, 3.8) is 0 Å². The molecular weight excluding hydrogens is 356 g/mol. The van der Waals surface area contributed by atoms with Crippen LogP contribution in [0.4, 0.5) is 0 Å². The van der Waals surface area contributed by atoms with Crippen LogP contribution in [0.2, 0.25) is 5.02 Å². The maximum atomic E-state index is 11.7. The maximum Gasteiger partial charge on any atom is 0.227 e. The molecule has 0 fully saturated rings. The van der Waals surface area contributed by atoms with Gasteiger partial charge in [0, 0.05) is 11.1 Å². The van der Waals surface area contributed by atoms with E-state index >= 15 is 0 Å². The maximum absolute atomic E-state index is 11.7. The van der Waals surface area contributed by atoms with Crippen LogP contribution in [0, 0.1) is 0 Å². The van der Waals surface area contributed by atoms with E-state index < -0.39 is 0 Å². The Morgan fingerprint density at radius 1 is 1.08 bits per heavy atom. The highest BCUT2D eigenvalue weighted by molar-refractivity contribution is 6.30. The number of hydrogen-bond donors (Lipinski definition) is 1. The predicted molar refractivity (Wildman–Crippen MR) is 101 cm³/mol. The summed E-state index contributed by atoms with van der Waals surface area (Å²) in [5.41, 5.74) is 0.858. The number of aliphatic hydroxyl groups is 1. The zero-order chi connectivity index (χ0) is 18.8. The topological polar surface area (TPSA) is 68.9 Å². The number of unbranched alkanes of at least 4 members (excludes halogenated alkanes) is 2. The number of halogens is 1. The van der Waals surface area contributed by atoms with E-state index in [4.69, 9.17) is 30.6 Å². The Kier molecular flexibility index (Phi) is 8.51. The van der Waals surface area contributed by atoms with Crippen molar-refractivity contribution in [2.45, 2.75) is 45.6 Å². The highest BCUT2D eigenvalue weighted by atomic mass is 35.5. The molecule has 0 aliphatic heterocycles. The van der Waals surface area contributed by atoms with E-state index in [0.717, 1.165) is 48.4 Å². The minimum absolute atomic E-state index is 0.170. The third-order valence-electron chi connectivity index (χ3n) is 3.85. The van der Waals surface area contributed by atoms with Crippen molar-refractivity contribution in [3.8, 4) is 11.5 Å². The minimum atomic E-state index is -0.302. The fraction of sp³-hybridized carbons (Fsp3) is 0.450. The Bertz CT molecular complexity index is 741. The molecule has 0 aliphatic carbocycles. The van der Waals surface area contributed by atoms with Gasteiger partial charge in [0.15, 0.2) is 0 Å². The summed E-state index contributed by atoms with van der Waals surface area (Å²) in [5.74, 6) is 1.29. The number of hydrogen-bond acceptors (Lipinski definition) is 5. The lowest BCUT2D eigenvalue weighted by atomic mass is 10.1. The molecule has 5 nitrogen and oxygen atoms in total. The molecule has 1 N–H and O–H groups in total. The predicted octanol–water partition coefficient (Wildman–Crippen LogP) is 4.37. The third-order valence-corrected chi connectivity index (χ3v) is 4.09. The Hall–Kier alpha value is -1.98. The van der Waals surface area contributed by atoms with E-state index in [-0.39, 0.29) is 23.5 Å². The second-order valence-electron chi connectivity index (χ2n) is 5.99. The summed E-state index contributed by atoms with van der Waals surface area (Å²) in [4.78, 5) is 11.7. The van der Waals surface area contributed by atoms with Gasteiger partial charge in [-0.3, -0.25) is 4.79 Å². The first-order valence-electron chi connectivity index (χ1n) is 8.90. The molecule has 0 spiro atoms. The summed E-state index contributed by atoms with van der Waals surface area (Å²) in [6, 6.07) is 6.97. The molecule has 2 aromatic rings. The van der Waals surface area contributed by atoms with Crippen LogP contribution in [0.15, 0.2) is 39.7 Å². The monoisotopic (exact) mass is 380 g/mol. The highest BCUT2D eigenvalue weighted by Gasteiger charge is 2.05. The third kappa shape index (κ3) is 6.39. The first-order chi connectivity index (χ1) is 12.6. The van der Waals surface area contributed by atoms with Crippen molar-refractivity contribution in [2.24, 2.45) is 0 Å². The normalized spacial score (nSPS) is 10.7. The number of ether oxygens (including phenoxy) is 2. The summed E-state index contributed by atoms with van der Waals surface area (Å²) in [5, 5.41) is 9.63. The molecule has 0 radical (unpaired) electrons. The molecule has 1 aromatic heterocycles. The lowest BCUT2D eigenvalue weighted by Gasteiger charge is -2.11. The van der Waals surface area contributed by atoms with Crippen LogP contribution in [-0.2, 0) is 13.0 Å². The molecule has 1 aromatic carbocycles. The second kappa shape index (κ2) is 10.9. The van der Waals surface area contributed by atoms with Crippen molar-refractivity contribution in [1.82, 2.24) is 0 Å². The number of aryl methyl sites for hydroxylation is 1. The Morgan fingerprint density at radius 2 is 1.81 bits per heavy atom. The van der Waals surface area contributed by atoms with Gasteiger partial charge in [-0.25, -0.2) is 0 Å². The molecule has 1 heterocycles. The first-order valence-corrected chi connectivity index (χ1v) is 9.28. The van der Waals surface area contributed by atoms with Crippen molar-refractivity contribution < 1.29 is 19.0 Å². The summed E-state index contributed by atoms with van der Waals surface area (Å²) in [6.45, 7) is 2.89. The molecule has 142 valence electrons. The van der Waals surface area contributed by atoms with Crippen LogP contribution in [0.5, 0.6) is 11.5 Å². The van der Waals surface area contributed by atoms with Gasteiger partial charge in [0.2, 0.25) is 11.2 Å². The van der Waals surface area contributed by atoms with Crippen LogP contribution in [0.3, 0.4) is 0 Å². The average Bonchev–Trinajstić information content (AvgIpc) is 2.63. The molecule has 0 amide bonds. The van der Waals surface area contributed by atoms with E-state index in [9.17, 15) is 4.79 Å². The van der Waals surface area contributed by atoms with Gasteiger partial charge in [0.1, 0.15) is 24.4 Å². The largest absolute Gasteiger partial charge is 0.493 e. The van der Waals surface area contributed by atoms with E-state index in [1.54, 1.807) is 0 Å². The van der Waals surface area contributed by atoms with E-state index in [0.29, 0.717) is 13.2 Å². The molecule has 0 saturated carbocycles. The molecule has 0 bridgehead atoms. The molecular formula is C20H25ClO5. The highest BCUT2D eigenvalue weighted by Crippen LogP contribution is 2.24. The Labute approximate surface area is 158 Å². The lowest BCUT2D eigenvalue weighted by molar-refractivity contribution is 0.235. The van der Waals surface area contributed by atoms with Gasteiger partial charge in [-0.2, -0.15) is 0 Å². The number of rotatable bonds is 11. The SMILES string of the molecule is CCCc1cc(Cl)ccc1OCCCCCOc1coc(CO)cc1=O. The van der Waals surface area contributed by atoms with Crippen molar-refractivity contribution in [1.29, 1.82) is 0 Å². The van der Waals surface area contributed by atoms with Gasteiger partial charge in [-0.05, 0) is 49.4 Å². The number of benzene rings is 1. The van der Waals surface area contributed by atoms with E-state index in [1.807, 2.05) is 18.2 Å². The van der Waals surface area contributed by atoms with Gasteiger partial charge >= 0.3 is 0 Å². The smallest absolute Gasteiger partial charge is 0.227 e. The Morgan fingerprint density at radius 3 is 2.46 bits per heavy atom. The van der Waals surface area contributed by atoms with Gasteiger partial charge in [0.25, 0.3) is 0 Å². The van der Waals surface area contributed by atoms with Crippen LogP contribution in [0.1, 0.15) is 43.9 Å². The summed E-state index contributed by atoms with van der Waals surface area (Å²) in [7, 11) is 0. The van der Waals surface area contributed by atoms with Gasteiger partial charge in [-0.15, -0.1) is 0 Å². The van der Waals surface area contributed by atoms with Crippen molar-refractivity contribution in [2.75, 3.05) is 13.2 Å². The molecule has 0 aliphatic rings. The molecule has 0 atom stereocenters. The molecule has 2 rings (SSSR count). The summed E-state index contributed by atoms with van der Waals surface area (Å²) in [6.07, 6.45) is 5.87. The average molecular weight is 381 g/mol. The molecule has 0 saturated heterocycles.